The van der Waals surface area contributed by atoms with Crippen LogP contribution in [-0.2, 0) is 20.9 Å². The van der Waals surface area contributed by atoms with Crippen LogP contribution in [0.2, 0.25) is 0 Å². The van der Waals surface area contributed by atoms with Gasteiger partial charge in [-0.3, -0.25) is 9.59 Å². The van der Waals surface area contributed by atoms with E-state index in [1.54, 1.807) is 32.3 Å². The van der Waals surface area contributed by atoms with Gasteiger partial charge < -0.3 is 24.0 Å². The lowest BCUT2D eigenvalue weighted by Crippen LogP contribution is -2.42. The molecule has 0 N–H and O–H groups in total. The van der Waals surface area contributed by atoms with E-state index in [1.807, 2.05) is 17.0 Å². The van der Waals surface area contributed by atoms with E-state index in [-0.39, 0.29) is 24.2 Å². The molecule has 7 heteroatoms. The van der Waals surface area contributed by atoms with Crippen LogP contribution < -0.4 is 9.47 Å². The van der Waals surface area contributed by atoms with Crippen molar-refractivity contribution >= 4 is 11.8 Å². The van der Waals surface area contributed by atoms with Crippen LogP contribution in [0.4, 0.5) is 0 Å². The summed E-state index contributed by atoms with van der Waals surface area (Å²) in [5, 5.41) is 0. The van der Waals surface area contributed by atoms with Gasteiger partial charge in [0, 0.05) is 50.1 Å². The number of carbonyl (C=O) groups excluding carboxylic acids is 2. The molecule has 2 amide bonds. The van der Waals surface area contributed by atoms with Gasteiger partial charge in [-0.1, -0.05) is 6.58 Å². The number of likely N-dealkylation sites (tertiary alicyclic amines) is 2. The monoisotopic (exact) mass is 402 g/mol. The Balaban J connectivity index is 1.59. The lowest BCUT2D eigenvalue weighted by atomic mass is 9.94. The van der Waals surface area contributed by atoms with Crippen molar-refractivity contribution in [2.75, 3.05) is 41.0 Å². The van der Waals surface area contributed by atoms with E-state index in [0.717, 1.165) is 24.2 Å². The first-order chi connectivity index (χ1) is 14.0. The van der Waals surface area contributed by atoms with Gasteiger partial charge in [-0.2, -0.15) is 0 Å². The van der Waals surface area contributed by atoms with Gasteiger partial charge >= 0.3 is 0 Å². The molecule has 3 rings (SSSR count). The summed E-state index contributed by atoms with van der Waals surface area (Å²) in [4.78, 5) is 29.1. The summed E-state index contributed by atoms with van der Waals surface area (Å²) < 4.78 is 15.9. The van der Waals surface area contributed by atoms with Crippen LogP contribution in [-0.4, -0.2) is 62.6 Å². The average Bonchev–Trinajstić information content (AvgIpc) is 3.13. The number of carbonyl (C=O) groups is 2. The van der Waals surface area contributed by atoms with E-state index >= 15 is 0 Å². The number of amides is 2. The maximum atomic E-state index is 12.9. The van der Waals surface area contributed by atoms with Crippen molar-refractivity contribution in [3.63, 3.8) is 0 Å². The third-order valence-corrected chi connectivity index (χ3v) is 5.94. The summed E-state index contributed by atoms with van der Waals surface area (Å²) in [6, 6.07) is 5.54. The highest BCUT2D eigenvalue weighted by Crippen LogP contribution is 2.30. The zero-order valence-corrected chi connectivity index (χ0v) is 17.5. The molecule has 1 unspecified atom stereocenters. The minimum absolute atomic E-state index is 0.00358. The minimum atomic E-state index is -0.283. The van der Waals surface area contributed by atoms with Gasteiger partial charge in [0.15, 0.2) is 0 Å². The first kappa shape index (κ1) is 21.0. The minimum Gasteiger partial charge on any atom is -0.501 e. The van der Waals surface area contributed by atoms with Crippen LogP contribution in [0, 0.1) is 11.8 Å². The fraction of sp³-hybridized carbons (Fsp3) is 0.545. The second-order valence-corrected chi connectivity index (χ2v) is 7.62. The molecular formula is C22H30N2O5. The fourth-order valence-corrected chi connectivity index (χ4v) is 4.13. The predicted molar refractivity (Wildman–Crippen MR) is 109 cm³/mol. The Morgan fingerprint density at radius 1 is 1.14 bits per heavy atom. The smallest absolute Gasteiger partial charge is 0.227 e. The Morgan fingerprint density at radius 2 is 1.86 bits per heavy atom. The summed E-state index contributed by atoms with van der Waals surface area (Å²) in [6.07, 6.45) is 1.97. The van der Waals surface area contributed by atoms with Gasteiger partial charge in [-0.05, 0) is 25.0 Å². The quantitative estimate of drug-likeness (QED) is 0.656. The Bertz CT molecular complexity index is 770. The van der Waals surface area contributed by atoms with Crippen molar-refractivity contribution in [3.8, 4) is 11.5 Å². The van der Waals surface area contributed by atoms with Gasteiger partial charge in [0.1, 0.15) is 11.5 Å². The average molecular weight is 402 g/mol. The number of methoxy groups -OCH3 is 3. The van der Waals surface area contributed by atoms with Crippen LogP contribution in [0.15, 0.2) is 30.5 Å². The fourth-order valence-electron chi connectivity index (χ4n) is 4.13. The molecule has 0 saturated carbocycles. The maximum absolute atomic E-state index is 12.9. The number of rotatable bonds is 7. The van der Waals surface area contributed by atoms with Crippen LogP contribution >= 0.6 is 0 Å². The Hall–Kier alpha value is -2.70. The van der Waals surface area contributed by atoms with Crippen LogP contribution in [0.1, 0.15) is 24.8 Å². The molecule has 1 atom stereocenters. The van der Waals surface area contributed by atoms with E-state index < -0.39 is 0 Å². The Labute approximate surface area is 172 Å². The lowest BCUT2D eigenvalue weighted by Gasteiger charge is -2.33. The highest BCUT2D eigenvalue weighted by molar-refractivity contribution is 5.89. The second-order valence-electron chi connectivity index (χ2n) is 7.62. The molecule has 2 aliphatic rings. The highest BCUT2D eigenvalue weighted by Gasteiger charge is 2.38. The molecule has 2 heterocycles. The number of hydrogen-bond donors (Lipinski definition) is 0. The first-order valence-corrected chi connectivity index (χ1v) is 9.97. The number of benzene rings is 1. The maximum Gasteiger partial charge on any atom is 0.227 e. The van der Waals surface area contributed by atoms with Crippen molar-refractivity contribution in [2.45, 2.75) is 25.8 Å². The normalized spacial score (nSPS) is 20.0. The summed E-state index contributed by atoms with van der Waals surface area (Å²) in [5.41, 5.74) is 0.897. The van der Waals surface area contributed by atoms with Gasteiger partial charge in [-0.25, -0.2) is 0 Å². The predicted octanol–water partition coefficient (Wildman–Crippen LogP) is 2.45. The van der Waals surface area contributed by atoms with Gasteiger partial charge in [-0.15, -0.1) is 0 Å². The van der Waals surface area contributed by atoms with Gasteiger partial charge in [0.2, 0.25) is 11.8 Å². The molecule has 0 spiro atoms. The SMILES string of the molecule is C=C(OC)C1CCN(C(=O)C2CC(=O)N(Cc3ccc(OC)cc3OC)C2)CC1. The van der Waals surface area contributed by atoms with Gasteiger partial charge in [0.05, 0.1) is 33.0 Å². The number of hydrogen-bond acceptors (Lipinski definition) is 5. The standard InChI is InChI=1S/C22H30N2O5/c1-15(27-2)16-7-9-23(10-8-16)22(26)18-11-21(25)24(14-18)13-17-5-6-19(28-3)12-20(17)29-4/h5-6,12,16,18H,1,7-11,13-14H2,2-4H3. The molecule has 2 aliphatic heterocycles. The topological polar surface area (TPSA) is 68.3 Å². The number of nitrogens with zero attached hydrogens (tertiary/aromatic N) is 2. The molecule has 158 valence electrons. The lowest BCUT2D eigenvalue weighted by molar-refractivity contribution is -0.137. The zero-order chi connectivity index (χ0) is 21.0. The molecule has 7 nitrogen and oxygen atoms in total. The summed E-state index contributed by atoms with van der Waals surface area (Å²) in [6.45, 7) is 6.16. The molecule has 2 saturated heterocycles. The van der Waals surface area contributed by atoms with Crippen LogP contribution in [0.25, 0.3) is 0 Å². The first-order valence-electron chi connectivity index (χ1n) is 9.97. The van der Waals surface area contributed by atoms with Crippen LogP contribution in [0.3, 0.4) is 0 Å². The van der Waals surface area contributed by atoms with E-state index in [4.69, 9.17) is 14.2 Å². The third-order valence-electron chi connectivity index (χ3n) is 5.94. The molecular weight excluding hydrogens is 372 g/mol. The molecule has 0 bridgehead atoms. The highest BCUT2D eigenvalue weighted by atomic mass is 16.5. The van der Waals surface area contributed by atoms with E-state index in [9.17, 15) is 9.59 Å². The molecule has 0 aromatic heterocycles. The number of allylic oxidation sites excluding steroid dienone is 1. The molecule has 1 aromatic rings. The second kappa shape index (κ2) is 9.20. The number of ether oxygens (including phenoxy) is 3. The third kappa shape index (κ3) is 4.66. The van der Waals surface area contributed by atoms with E-state index in [1.165, 1.54) is 0 Å². The van der Waals surface area contributed by atoms with Crippen molar-refractivity contribution in [3.05, 3.63) is 36.1 Å². The number of piperidine rings is 1. The van der Waals surface area contributed by atoms with Crippen molar-refractivity contribution < 1.29 is 23.8 Å². The van der Waals surface area contributed by atoms with Crippen LogP contribution in [0.5, 0.6) is 11.5 Å². The van der Waals surface area contributed by atoms with Crippen molar-refractivity contribution in [1.82, 2.24) is 9.80 Å². The summed E-state index contributed by atoms with van der Waals surface area (Å²) in [7, 11) is 4.83. The Morgan fingerprint density at radius 3 is 2.48 bits per heavy atom. The van der Waals surface area contributed by atoms with Gasteiger partial charge in [0.25, 0.3) is 0 Å². The molecule has 2 fully saturated rings. The summed E-state index contributed by atoms with van der Waals surface area (Å²) in [5.74, 6) is 2.25. The largest absolute Gasteiger partial charge is 0.501 e. The zero-order valence-electron chi connectivity index (χ0n) is 17.5. The van der Waals surface area contributed by atoms with Crippen molar-refractivity contribution in [2.24, 2.45) is 11.8 Å². The van der Waals surface area contributed by atoms with E-state index in [0.29, 0.717) is 43.6 Å². The molecule has 1 aromatic carbocycles. The summed E-state index contributed by atoms with van der Waals surface area (Å²) >= 11 is 0. The molecule has 29 heavy (non-hydrogen) atoms. The van der Waals surface area contributed by atoms with E-state index in [2.05, 4.69) is 6.58 Å². The molecule has 0 radical (unpaired) electrons. The Kier molecular flexibility index (Phi) is 6.67. The molecule has 0 aliphatic carbocycles. The van der Waals surface area contributed by atoms with Crippen molar-refractivity contribution in [1.29, 1.82) is 0 Å².